The first-order valence-electron chi connectivity index (χ1n) is 8.20. The van der Waals surface area contributed by atoms with E-state index in [9.17, 15) is 18.0 Å². The number of aromatic nitrogens is 1. The molecule has 0 saturated carbocycles. The van der Waals surface area contributed by atoms with Gasteiger partial charge in [0.05, 0.1) is 11.3 Å². The standard InChI is InChI=1S/C19H16F3N3OS2/c1-12-10-27-18(23-12)28-11-13-6-2-3-7-14(13)17(26)25-24-16-9-5-4-8-15(16)19(20,21)22/h2-10,24H,11H2,1H3,(H,25,26). The summed E-state index contributed by atoms with van der Waals surface area (Å²) >= 11 is 3.03. The molecule has 0 bridgehead atoms. The fraction of sp³-hybridized carbons (Fsp3) is 0.158. The van der Waals surface area contributed by atoms with E-state index in [4.69, 9.17) is 0 Å². The Morgan fingerprint density at radius 1 is 1.14 bits per heavy atom. The number of aryl methyl sites for hydroxylation is 1. The minimum absolute atomic E-state index is 0.214. The molecular formula is C19H16F3N3OS2. The summed E-state index contributed by atoms with van der Waals surface area (Å²) in [6.07, 6.45) is -4.52. The number of amides is 1. The molecule has 1 heterocycles. The molecule has 2 N–H and O–H groups in total. The number of hydrazine groups is 1. The lowest BCUT2D eigenvalue weighted by Crippen LogP contribution is -2.31. The lowest BCUT2D eigenvalue weighted by atomic mass is 10.1. The van der Waals surface area contributed by atoms with Crippen LogP contribution in [0.5, 0.6) is 0 Å². The topological polar surface area (TPSA) is 54.0 Å². The third-order valence-electron chi connectivity index (χ3n) is 3.75. The molecule has 0 aliphatic carbocycles. The zero-order valence-electron chi connectivity index (χ0n) is 14.7. The molecule has 1 aromatic heterocycles. The van der Waals surface area contributed by atoms with Crippen LogP contribution in [-0.4, -0.2) is 10.9 Å². The number of nitrogens with one attached hydrogen (secondary N) is 2. The average Bonchev–Trinajstić information content (AvgIpc) is 3.09. The lowest BCUT2D eigenvalue weighted by Gasteiger charge is -2.15. The molecule has 1 amide bonds. The normalized spacial score (nSPS) is 11.3. The van der Waals surface area contributed by atoms with Gasteiger partial charge in [-0.1, -0.05) is 42.1 Å². The Morgan fingerprint density at radius 3 is 2.57 bits per heavy atom. The molecule has 2 aromatic carbocycles. The number of thioether (sulfide) groups is 1. The lowest BCUT2D eigenvalue weighted by molar-refractivity contribution is -0.137. The van der Waals surface area contributed by atoms with Crippen molar-refractivity contribution in [1.29, 1.82) is 0 Å². The first-order valence-corrected chi connectivity index (χ1v) is 10.1. The largest absolute Gasteiger partial charge is 0.418 e. The van der Waals surface area contributed by atoms with E-state index >= 15 is 0 Å². The van der Waals surface area contributed by atoms with Crippen LogP contribution in [0.25, 0.3) is 0 Å². The number of rotatable bonds is 6. The van der Waals surface area contributed by atoms with Crippen molar-refractivity contribution in [2.75, 3.05) is 5.43 Å². The second-order valence-electron chi connectivity index (χ2n) is 5.82. The monoisotopic (exact) mass is 423 g/mol. The minimum atomic E-state index is -4.52. The van der Waals surface area contributed by atoms with Crippen molar-refractivity contribution in [3.05, 3.63) is 76.3 Å². The number of benzene rings is 2. The maximum absolute atomic E-state index is 13.1. The molecule has 0 radical (unpaired) electrons. The van der Waals surface area contributed by atoms with E-state index in [-0.39, 0.29) is 5.69 Å². The van der Waals surface area contributed by atoms with Gasteiger partial charge in [0.25, 0.3) is 5.91 Å². The summed E-state index contributed by atoms with van der Waals surface area (Å²) in [6, 6.07) is 11.9. The van der Waals surface area contributed by atoms with E-state index < -0.39 is 17.6 Å². The summed E-state index contributed by atoms with van der Waals surface area (Å²) in [5.74, 6) is 0.0128. The van der Waals surface area contributed by atoms with Crippen LogP contribution in [0.3, 0.4) is 0 Å². The number of hydrogen-bond acceptors (Lipinski definition) is 5. The van der Waals surface area contributed by atoms with Crippen molar-refractivity contribution in [3.63, 3.8) is 0 Å². The van der Waals surface area contributed by atoms with Gasteiger partial charge in [-0.05, 0) is 30.7 Å². The fourth-order valence-corrected chi connectivity index (χ4v) is 4.29. The first-order chi connectivity index (χ1) is 13.3. The highest BCUT2D eigenvalue weighted by atomic mass is 32.2. The number of nitrogens with zero attached hydrogens (tertiary/aromatic N) is 1. The van der Waals surface area contributed by atoms with Gasteiger partial charge in [-0.3, -0.25) is 15.6 Å². The molecule has 0 fully saturated rings. The van der Waals surface area contributed by atoms with Gasteiger partial charge >= 0.3 is 6.18 Å². The van der Waals surface area contributed by atoms with E-state index in [1.165, 1.54) is 41.3 Å². The van der Waals surface area contributed by atoms with Crippen LogP contribution in [0.4, 0.5) is 18.9 Å². The summed E-state index contributed by atoms with van der Waals surface area (Å²) < 4.78 is 40.1. The summed E-state index contributed by atoms with van der Waals surface area (Å²) in [4.78, 5) is 16.9. The molecule has 3 aromatic rings. The Balaban J connectivity index is 1.70. The Morgan fingerprint density at radius 2 is 1.86 bits per heavy atom. The van der Waals surface area contributed by atoms with Gasteiger partial charge in [-0.15, -0.1) is 11.3 Å². The van der Waals surface area contributed by atoms with Gasteiger partial charge in [0.15, 0.2) is 0 Å². The van der Waals surface area contributed by atoms with Crippen molar-refractivity contribution >= 4 is 34.7 Å². The molecule has 3 rings (SSSR count). The Hall–Kier alpha value is -2.52. The Bertz CT molecular complexity index is 973. The summed E-state index contributed by atoms with van der Waals surface area (Å²) in [6.45, 7) is 1.91. The van der Waals surface area contributed by atoms with E-state index in [2.05, 4.69) is 15.8 Å². The van der Waals surface area contributed by atoms with Gasteiger partial charge in [0.1, 0.15) is 4.34 Å². The van der Waals surface area contributed by atoms with Crippen molar-refractivity contribution in [1.82, 2.24) is 10.4 Å². The van der Waals surface area contributed by atoms with Crippen LogP contribution in [0, 0.1) is 6.92 Å². The van der Waals surface area contributed by atoms with E-state index in [0.29, 0.717) is 11.3 Å². The third-order valence-corrected chi connectivity index (χ3v) is 5.94. The van der Waals surface area contributed by atoms with E-state index in [1.54, 1.807) is 12.1 Å². The number of thiazole rings is 1. The number of halogens is 3. The van der Waals surface area contributed by atoms with E-state index in [0.717, 1.165) is 21.7 Å². The maximum Gasteiger partial charge on any atom is 0.418 e. The van der Waals surface area contributed by atoms with Crippen LogP contribution in [0.15, 0.2) is 58.3 Å². The first kappa shape index (κ1) is 20.2. The third kappa shape index (κ3) is 5.05. The Kier molecular flexibility index (Phi) is 6.25. The molecular weight excluding hydrogens is 407 g/mol. The zero-order valence-corrected chi connectivity index (χ0v) is 16.3. The fourth-order valence-electron chi connectivity index (χ4n) is 2.44. The SMILES string of the molecule is Cc1csc(SCc2ccccc2C(=O)NNc2ccccc2C(F)(F)F)n1. The smallest absolute Gasteiger partial charge is 0.298 e. The highest BCUT2D eigenvalue weighted by molar-refractivity contribution is 8.00. The second-order valence-corrected chi connectivity index (χ2v) is 7.90. The second kappa shape index (κ2) is 8.66. The maximum atomic E-state index is 13.1. The van der Waals surface area contributed by atoms with Crippen LogP contribution in [0.1, 0.15) is 27.2 Å². The van der Waals surface area contributed by atoms with Crippen molar-refractivity contribution in [2.45, 2.75) is 23.2 Å². The average molecular weight is 423 g/mol. The van der Waals surface area contributed by atoms with Gasteiger partial charge in [0.2, 0.25) is 0 Å². The summed E-state index contributed by atoms with van der Waals surface area (Å²) in [5, 5.41) is 1.95. The van der Waals surface area contributed by atoms with Crippen molar-refractivity contribution in [2.24, 2.45) is 0 Å². The van der Waals surface area contributed by atoms with Crippen LogP contribution in [0.2, 0.25) is 0 Å². The molecule has 0 spiro atoms. The molecule has 0 unspecified atom stereocenters. The summed E-state index contributed by atoms with van der Waals surface area (Å²) in [7, 11) is 0. The molecule has 0 saturated heterocycles. The van der Waals surface area contributed by atoms with Crippen LogP contribution >= 0.6 is 23.1 Å². The molecule has 9 heteroatoms. The Labute approximate surface area is 168 Å². The highest BCUT2D eigenvalue weighted by Crippen LogP contribution is 2.34. The van der Waals surface area contributed by atoms with Gasteiger partial charge < -0.3 is 0 Å². The highest BCUT2D eigenvalue weighted by Gasteiger charge is 2.33. The number of alkyl halides is 3. The molecule has 28 heavy (non-hydrogen) atoms. The molecule has 0 aliphatic rings. The van der Waals surface area contributed by atoms with Gasteiger partial charge in [0, 0.05) is 22.4 Å². The number of carbonyl (C=O) groups excluding carboxylic acids is 1. The molecule has 146 valence electrons. The number of carbonyl (C=O) groups is 1. The van der Waals surface area contributed by atoms with Gasteiger partial charge in [-0.2, -0.15) is 13.2 Å². The van der Waals surface area contributed by atoms with Crippen LogP contribution < -0.4 is 10.9 Å². The molecule has 0 aliphatic heterocycles. The molecule has 4 nitrogen and oxygen atoms in total. The van der Waals surface area contributed by atoms with E-state index in [1.807, 2.05) is 24.4 Å². The molecule has 0 atom stereocenters. The number of hydrogen-bond donors (Lipinski definition) is 2. The summed E-state index contributed by atoms with van der Waals surface area (Å²) in [5.41, 5.74) is 5.77. The predicted octanol–water partition coefficient (Wildman–Crippen LogP) is 5.52. The predicted molar refractivity (Wildman–Crippen MR) is 105 cm³/mol. The number of anilines is 1. The quantitative estimate of drug-likeness (QED) is 0.405. The van der Waals surface area contributed by atoms with Gasteiger partial charge in [-0.25, -0.2) is 4.98 Å². The van der Waals surface area contributed by atoms with Crippen molar-refractivity contribution < 1.29 is 18.0 Å². The minimum Gasteiger partial charge on any atom is -0.298 e. The van der Waals surface area contributed by atoms with Crippen LogP contribution in [-0.2, 0) is 11.9 Å². The van der Waals surface area contributed by atoms with Crippen molar-refractivity contribution in [3.8, 4) is 0 Å². The zero-order chi connectivity index (χ0) is 20.1. The number of para-hydroxylation sites is 1.